The van der Waals surface area contributed by atoms with Crippen molar-refractivity contribution in [2.75, 3.05) is 26.4 Å². The Balaban J connectivity index is 3.76. The van der Waals surface area contributed by atoms with Crippen molar-refractivity contribution in [2.45, 2.75) is 12.5 Å². The Kier molecular flexibility index (Phi) is 8.92. The lowest BCUT2D eigenvalue weighted by atomic mass is 10.2. The molecule has 0 fully saturated rings. The van der Waals surface area contributed by atoms with E-state index in [-0.39, 0.29) is 26.4 Å². The average Bonchev–Trinajstić information content (AvgIpc) is 2.35. The number of hydrogen-bond donors (Lipinski definition) is 3. The molecule has 0 aliphatic rings. The van der Waals surface area contributed by atoms with E-state index >= 15 is 0 Å². The number of rotatable bonds is 11. The smallest absolute Gasteiger partial charge is 0.407 e. The molecule has 12 heteroatoms. The number of ether oxygens (including phenoxy) is 2. The monoisotopic (exact) mass is 310 g/mol. The number of carbonyl (C=O) groups is 3. The minimum Gasteiger partial charge on any atom is -0.481 e. The number of nitrogens with one attached hydrogen (secondary N) is 1. The summed E-state index contributed by atoms with van der Waals surface area (Å²) in [5.74, 6) is -2.90. The number of carboxylic acid groups (broad SMARTS) is 2. The van der Waals surface area contributed by atoms with Gasteiger partial charge in [-0.15, -0.1) is 10.1 Å². The first-order valence-electron chi connectivity index (χ1n) is 5.56. The molecule has 1 unspecified atom stereocenters. The van der Waals surface area contributed by atoms with Gasteiger partial charge in [-0.1, -0.05) is 0 Å². The Bertz CT molecular complexity index is 385. The third-order valence-electron chi connectivity index (χ3n) is 1.85. The van der Waals surface area contributed by atoms with E-state index in [2.05, 4.69) is 9.57 Å². The van der Waals surface area contributed by atoms with E-state index in [4.69, 9.17) is 14.9 Å². The summed E-state index contributed by atoms with van der Waals surface area (Å²) >= 11 is 0. The predicted octanol–water partition coefficient (Wildman–Crippen LogP) is -1.13. The van der Waals surface area contributed by atoms with E-state index in [1.54, 1.807) is 0 Å². The lowest BCUT2D eigenvalue weighted by Crippen LogP contribution is -2.42. The van der Waals surface area contributed by atoms with Crippen LogP contribution in [0.4, 0.5) is 4.79 Å². The minimum atomic E-state index is -1.61. The van der Waals surface area contributed by atoms with E-state index in [1.165, 1.54) is 0 Å². The van der Waals surface area contributed by atoms with Gasteiger partial charge in [-0.25, -0.2) is 9.59 Å². The molecule has 0 aromatic carbocycles. The molecule has 0 bridgehead atoms. The maximum atomic E-state index is 11.2. The van der Waals surface area contributed by atoms with Crippen LogP contribution < -0.4 is 5.32 Å². The Hall–Kier alpha value is -2.63. The van der Waals surface area contributed by atoms with Gasteiger partial charge in [-0.3, -0.25) is 4.79 Å². The largest absolute Gasteiger partial charge is 0.481 e. The van der Waals surface area contributed by atoms with E-state index in [1.807, 2.05) is 5.32 Å². The Morgan fingerprint density at radius 2 is 1.76 bits per heavy atom. The molecule has 0 aliphatic heterocycles. The van der Waals surface area contributed by atoms with Gasteiger partial charge in [-0.2, -0.15) is 0 Å². The SMILES string of the molecule is O=C(O)CC(NC(=O)OCCOCCO[N+](=O)[O-])C(=O)O. The van der Waals surface area contributed by atoms with E-state index < -0.39 is 35.6 Å². The summed E-state index contributed by atoms with van der Waals surface area (Å²) in [5, 5.41) is 27.7. The molecule has 0 heterocycles. The van der Waals surface area contributed by atoms with E-state index in [9.17, 15) is 24.5 Å². The zero-order valence-electron chi connectivity index (χ0n) is 10.7. The van der Waals surface area contributed by atoms with Gasteiger partial charge in [0.2, 0.25) is 0 Å². The van der Waals surface area contributed by atoms with Crippen molar-refractivity contribution >= 4 is 18.0 Å². The number of nitrogens with zero attached hydrogens (tertiary/aromatic N) is 1. The molecule has 1 atom stereocenters. The molecule has 21 heavy (non-hydrogen) atoms. The Morgan fingerprint density at radius 3 is 2.29 bits per heavy atom. The molecular weight excluding hydrogens is 296 g/mol. The summed E-state index contributed by atoms with van der Waals surface area (Å²) in [6, 6.07) is -1.61. The first-order valence-corrected chi connectivity index (χ1v) is 5.56. The van der Waals surface area contributed by atoms with Gasteiger partial charge in [0.1, 0.15) is 19.3 Å². The highest BCUT2D eigenvalue weighted by molar-refractivity contribution is 5.84. The summed E-state index contributed by atoms with van der Waals surface area (Å²) in [7, 11) is 0. The predicted molar refractivity (Wildman–Crippen MR) is 61.9 cm³/mol. The van der Waals surface area contributed by atoms with Gasteiger partial charge in [0.05, 0.1) is 19.6 Å². The zero-order valence-corrected chi connectivity index (χ0v) is 10.7. The molecule has 12 nitrogen and oxygen atoms in total. The van der Waals surface area contributed by atoms with Crippen LogP contribution in [0.5, 0.6) is 0 Å². The Morgan fingerprint density at radius 1 is 1.14 bits per heavy atom. The standard InChI is InChI=1S/C9H14N2O10/c12-7(13)5-6(8(14)15)10-9(16)20-3-1-19-2-4-21-11(17)18/h6H,1-5H2,(H,10,16)(H,12,13)(H,14,15). The van der Waals surface area contributed by atoms with Crippen LogP contribution in [0.15, 0.2) is 0 Å². The number of carboxylic acids is 2. The molecule has 0 saturated heterocycles. The Labute approximate surface area is 117 Å². The van der Waals surface area contributed by atoms with Gasteiger partial charge in [-0.05, 0) is 0 Å². The molecule has 1 amide bonds. The fourth-order valence-corrected chi connectivity index (χ4v) is 1.02. The summed E-state index contributed by atoms with van der Waals surface area (Å²) in [5.41, 5.74) is 0. The summed E-state index contributed by atoms with van der Waals surface area (Å²) in [6.07, 6.45) is -1.91. The summed E-state index contributed by atoms with van der Waals surface area (Å²) in [4.78, 5) is 45.9. The molecule has 0 aromatic rings. The maximum absolute atomic E-state index is 11.2. The fraction of sp³-hybridized carbons (Fsp3) is 0.667. The molecule has 0 spiro atoms. The van der Waals surface area contributed by atoms with Crippen LogP contribution in [0.2, 0.25) is 0 Å². The van der Waals surface area contributed by atoms with Gasteiger partial charge in [0, 0.05) is 0 Å². The molecule has 120 valence electrons. The van der Waals surface area contributed by atoms with Gasteiger partial charge in [0.25, 0.3) is 5.09 Å². The molecular formula is C9H14N2O10. The number of amides is 1. The number of carbonyl (C=O) groups excluding carboxylic acids is 1. The number of aliphatic carboxylic acids is 2. The highest BCUT2D eigenvalue weighted by Crippen LogP contribution is 1.94. The van der Waals surface area contributed by atoms with Crippen LogP contribution in [0.25, 0.3) is 0 Å². The van der Waals surface area contributed by atoms with Gasteiger partial charge >= 0.3 is 18.0 Å². The molecule has 0 rings (SSSR count). The third-order valence-corrected chi connectivity index (χ3v) is 1.85. The summed E-state index contributed by atoms with van der Waals surface area (Å²) < 4.78 is 9.33. The zero-order chi connectivity index (χ0) is 16.3. The van der Waals surface area contributed by atoms with Crippen LogP contribution in [-0.4, -0.2) is 65.8 Å². The van der Waals surface area contributed by atoms with E-state index in [0.29, 0.717) is 0 Å². The van der Waals surface area contributed by atoms with Crippen molar-refractivity contribution in [3.63, 3.8) is 0 Å². The lowest BCUT2D eigenvalue weighted by Gasteiger charge is -2.12. The van der Waals surface area contributed by atoms with Crippen LogP contribution >= 0.6 is 0 Å². The molecule has 0 aliphatic carbocycles. The highest BCUT2D eigenvalue weighted by Gasteiger charge is 2.23. The molecule has 0 aromatic heterocycles. The average molecular weight is 310 g/mol. The van der Waals surface area contributed by atoms with Crippen molar-refractivity contribution in [1.82, 2.24) is 5.32 Å². The van der Waals surface area contributed by atoms with Crippen LogP contribution in [0.1, 0.15) is 6.42 Å². The second kappa shape index (κ2) is 10.2. The first kappa shape index (κ1) is 18.4. The van der Waals surface area contributed by atoms with Crippen LogP contribution in [-0.2, 0) is 23.9 Å². The van der Waals surface area contributed by atoms with Crippen LogP contribution in [0.3, 0.4) is 0 Å². The first-order chi connectivity index (χ1) is 9.82. The van der Waals surface area contributed by atoms with Gasteiger partial charge < -0.3 is 29.8 Å². The van der Waals surface area contributed by atoms with Gasteiger partial charge in [0.15, 0.2) is 0 Å². The highest BCUT2D eigenvalue weighted by atomic mass is 17.0. The maximum Gasteiger partial charge on any atom is 0.407 e. The normalized spacial score (nSPS) is 11.2. The van der Waals surface area contributed by atoms with Crippen molar-refractivity contribution in [3.8, 4) is 0 Å². The quantitative estimate of drug-likeness (QED) is 0.240. The van der Waals surface area contributed by atoms with E-state index in [0.717, 1.165) is 0 Å². The molecule has 0 radical (unpaired) electrons. The second-order valence-corrected chi connectivity index (χ2v) is 3.44. The van der Waals surface area contributed by atoms with Crippen molar-refractivity contribution < 1.29 is 44.0 Å². The van der Waals surface area contributed by atoms with Crippen molar-refractivity contribution in [3.05, 3.63) is 10.1 Å². The lowest BCUT2D eigenvalue weighted by molar-refractivity contribution is -0.758. The number of hydrogen-bond acceptors (Lipinski definition) is 8. The van der Waals surface area contributed by atoms with Crippen molar-refractivity contribution in [1.29, 1.82) is 0 Å². The molecule has 0 saturated carbocycles. The van der Waals surface area contributed by atoms with Crippen molar-refractivity contribution in [2.24, 2.45) is 0 Å². The topological polar surface area (TPSA) is 175 Å². The summed E-state index contributed by atoms with van der Waals surface area (Å²) in [6.45, 7) is -0.712. The minimum absolute atomic E-state index is 0.0921. The third kappa shape index (κ3) is 10.9. The fourth-order valence-electron chi connectivity index (χ4n) is 1.02. The molecule has 3 N–H and O–H groups in total. The second-order valence-electron chi connectivity index (χ2n) is 3.44. The number of alkyl carbamates (subject to hydrolysis) is 1. The van der Waals surface area contributed by atoms with Crippen LogP contribution in [0, 0.1) is 10.1 Å².